The van der Waals surface area contributed by atoms with Crippen LogP contribution in [0, 0.1) is 6.92 Å². The summed E-state index contributed by atoms with van der Waals surface area (Å²) in [6.45, 7) is 4.56. The van der Waals surface area contributed by atoms with Crippen molar-refractivity contribution in [1.82, 2.24) is 14.9 Å². The zero-order chi connectivity index (χ0) is 17.2. The standard InChI is InChI=1S/C17H25N3O3S.ClH/c1-13-5-6-14(17(21)19-15-7-8-18-12-15)11-16(13)24(22,23)20-9-3-2-4-10-20;/h5-6,11,15,18H,2-4,7-10,12H2,1H3,(H,19,21);1H. The number of rotatable bonds is 4. The van der Waals surface area contributed by atoms with Gasteiger partial charge in [-0.2, -0.15) is 4.31 Å². The Bertz CT molecular complexity index is 712. The van der Waals surface area contributed by atoms with Crippen molar-refractivity contribution in [3.05, 3.63) is 29.3 Å². The first kappa shape index (κ1) is 20.2. The van der Waals surface area contributed by atoms with Crippen LogP contribution in [-0.4, -0.2) is 50.9 Å². The first-order chi connectivity index (χ1) is 11.5. The van der Waals surface area contributed by atoms with Crippen LogP contribution in [0.25, 0.3) is 0 Å². The number of carbonyl (C=O) groups is 1. The van der Waals surface area contributed by atoms with Gasteiger partial charge in [-0.25, -0.2) is 8.42 Å². The predicted octanol–water partition coefficient (Wildman–Crippen LogP) is 1.68. The molecule has 0 aromatic heterocycles. The Morgan fingerprint density at radius 2 is 1.96 bits per heavy atom. The number of piperidine rings is 1. The fourth-order valence-electron chi connectivity index (χ4n) is 3.31. The lowest BCUT2D eigenvalue weighted by Gasteiger charge is -2.26. The molecule has 0 spiro atoms. The topological polar surface area (TPSA) is 78.5 Å². The minimum atomic E-state index is -3.53. The van der Waals surface area contributed by atoms with Crippen LogP contribution < -0.4 is 10.6 Å². The smallest absolute Gasteiger partial charge is 0.251 e. The molecule has 8 heteroatoms. The second kappa shape index (κ2) is 8.49. The van der Waals surface area contributed by atoms with Crippen molar-refractivity contribution in [2.45, 2.75) is 43.5 Å². The van der Waals surface area contributed by atoms with Crippen molar-refractivity contribution in [2.75, 3.05) is 26.2 Å². The molecule has 6 nitrogen and oxygen atoms in total. The number of sulfonamides is 1. The number of aryl methyl sites for hydroxylation is 1. The van der Waals surface area contributed by atoms with Gasteiger partial charge in [0, 0.05) is 31.2 Å². The minimum absolute atomic E-state index is 0. The SMILES string of the molecule is Cc1ccc(C(=O)NC2CCNC2)cc1S(=O)(=O)N1CCCCC1.Cl. The number of hydrogen-bond donors (Lipinski definition) is 2. The molecule has 0 radical (unpaired) electrons. The van der Waals surface area contributed by atoms with Gasteiger partial charge in [0.1, 0.15) is 0 Å². The summed E-state index contributed by atoms with van der Waals surface area (Å²) in [5.41, 5.74) is 1.09. The molecule has 1 unspecified atom stereocenters. The molecule has 2 aliphatic heterocycles. The zero-order valence-electron chi connectivity index (χ0n) is 14.5. The number of nitrogens with one attached hydrogen (secondary N) is 2. The third kappa shape index (κ3) is 4.53. The fraction of sp³-hybridized carbons (Fsp3) is 0.588. The molecule has 0 saturated carbocycles. The molecular weight excluding hydrogens is 362 g/mol. The third-order valence-corrected chi connectivity index (χ3v) is 6.82. The first-order valence-corrected chi connectivity index (χ1v) is 10.0. The molecule has 2 N–H and O–H groups in total. The van der Waals surface area contributed by atoms with E-state index in [1.165, 1.54) is 6.07 Å². The van der Waals surface area contributed by atoms with E-state index in [0.29, 0.717) is 24.2 Å². The Morgan fingerprint density at radius 1 is 1.24 bits per heavy atom. The molecule has 2 saturated heterocycles. The van der Waals surface area contributed by atoms with Gasteiger partial charge in [-0.3, -0.25) is 4.79 Å². The van der Waals surface area contributed by atoms with Crippen LogP contribution in [0.1, 0.15) is 41.6 Å². The van der Waals surface area contributed by atoms with E-state index in [0.717, 1.165) is 38.8 Å². The summed E-state index contributed by atoms with van der Waals surface area (Å²) < 4.78 is 27.4. The highest BCUT2D eigenvalue weighted by Crippen LogP contribution is 2.24. The molecule has 2 heterocycles. The minimum Gasteiger partial charge on any atom is -0.348 e. The van der Waals surface area contributed by atoms with E-state index >= 15 is 0 Å². The molecule has 0 aliphatic carbocycles. The quantitative estimate of drug-likeness (QED) is 0.823. The van der Waals surface area contributed by atoms with E-state index < -0.39 is 10.0 Å². The van der Waals surface area contributed by atoms with Crippen LogP contribution in [-0.2, 0) is 10.0 Å². The van der Waals surface area contributed by atoms with Crippen LogP contribution in [0.2, 0.25) is 0 Å². The van der Waals surface area contributed by atoms with Crippen molar-refractivity contribution in [3.63, 3.8) is 0 Å². The molecule has 2 fully saturated rings. The molecule has 2 aliphatic rings. The number of benzene rings is 1. The number of nitrogens with zero attached hydrogens (tertiary/aromatic N) is 1. The Hall–Kier alpha value is -1.15. The van der Waals surface area contributed by atoms with Crippen molar-refractivity contribution >= 4 is 28.3 Å². The van der Waals surface area contributed by atoms with Crippen molar-refractivity contribution in [2.24, 2.45) is 0 Å². The second-order valence-electron chi connectivity index (χ2n) is 6.61. The summed E-state index contributed by atoms with van der Waals surface area (Å²) >= 11 is 0. The van der Waals surface area contributed by atoms with Gasteiger partial charge in [-0.05, 0) is 50.4 Å². The van der Waals surface area contributed by atoms with Gasteiger partial charge < -0.3 is 10.6 Å². The predicted molar refractivity (Wildman–Crippen MR) is 99.8 cm³/mol. The Balaban J connectivity index is 0.00000225. The zero-order valence-corrected chi connectivity index (χ0v) is 16.1. The Kier molecular flexibility index (Phi) is 6.85. The number of amides is 1. The van der Waals surface area contributed by atoms with Crippen LogP contribution in [0.5, 0.6) is 0 Å². The maximum absolute atomic E-state index is 12.9. The van der Waals surface area contributed by atoms with E-state index in [1.807, 2.05) is 0 Å². The molecule has 140 valence electrons. The van der Waals surface area contributed by atoms with E-state index in [4.69, 9.17) is 0 Å². The van der Waals surface area contributed by atoms with Gasteiger partial charge in [0.2, 0.25) is 10.0 Å². The molecule has 3 rings (SSSR count). The Labute approximate surface area is 155 Å². The first-order valence-electron chi connectivity index (χ1n) is 8.61. The largest absolute Gasteiger partial charge is 0.348 e. The number of hydrogen-bond acceptors (Lipinski definition) is 4. The van der Waals surface area contributed by atoms with Gasteiger partial charge in [0.05, 0.1) is 4.90 Å². The molecular formula is C17H26ClN3O3S. The molecule has 25 heavy (non-hydrogen) atoms. The summed E-state index contributed by atoms with van der Waals surface area (Å²) in [6, 6.07) is 5.05. The highest BCUT2D eigenvalue weighted by atomic mass is 35.5. The lowest BCUT2D eigenvalue weighted by atomic mass is 10.1. The lowest BCUT2D eigenvalue weighted by molar-refractivity contribution is 0.0940. The van der Waals surface area contributed by atoms with Gasteiger partial charge in [0.25, 0.3) is 5.91 Å². The van der Waals surface area contributed by atoms with Gasteiger partial charge in [-0.15, -0.1) is 12.4 Å². The summed E-state index contributed by atoms with van der Waals surface area (Å²) in [7, 11) is -3.53. The molecule has 1 amide bonds. The summed E-state index contributed by atoms with van der Waals surface area (Å²) in [4.78, 5) is 12.7. The van der Waals surface area contributed by atoms with Gasteiger partial charge in [0.15, 0.2) is 0 Å². The van der Waals surface area contributed by atoms with Crippen LogP contribution in [0.3, 0.4) is 0 Å². The van der Waals surface area contributed by atoms with Crippen LogP contribution in [0.15, 0.2) is 23.1 Å². The highest BCUT2D eigenvalue weighted by Gasteiger charge is 2.28. The monoisotopic (exact) mass is 387 g/mol. The van der Waals surface area contributed by atoms with Crippen molar-refractivity contribution in [3.8, 4) is 0 Å². The second-order valence-corrected chi connectivity index (χ2v) is 8.51. The average Bonchev–Trinajstić information content (AvgIpc) is 3.09. The highest BCUT2D eigenvalue weighted by molar-refractivity contribution is 7.89. The maximum atomic E-state index is 12.9. The third-order valence-electron chi connectivity index (χ3n) is 4.78. The van der Waals surface area contributed by atoms with E-state index in [2.05, 4.69) is 10.6 Å². The molecule has 1 aromatic rings. The van der Waals surface area contributed by atoms with E-state index in [1.54, 1.807) is 23.4 Å². The van der Waals surface area contributed by atoms with E-state index in [9.17, 15) is 13.2 Å². The molecule has 1 atom stereocenters. The summed E-state index contributed by atoms with van der Waals surface area (Å²) in [5.74, 6) is -0.209. The summed E-state index contributed by atoms with van der Waals surface area (Å²) in [5, 5.41) is 6.16. The Morgan fingerprint density at radius 3 is 2.60 bits per heavy atom. The normalized spacial score (nSPS) is 21.6. The maximum Gasteiger partial charge on any atom is 0.251 e. The van der Waals surface area contributed by atoms with Crippen LogP contribution in [0.4, 0.5) is 0 Å². The van der Waals surface area contributed by atoms with Crippen molar-refractivity contribution in [1.29, 1.82) is 0 Å². The molecule has 0 bridgehead atoms. The van der Waals surface area contributed by atoms with E-state index in [-0.39, 0.29) is 29.3 Å². The lowest BCUT2D eigenvalue weighted by Crippen LogP contribution is -2.37. The molecule has 1 aromatic carbocycles. The average molecular weight is 388 g/mol. The van der Waals surface area contributed by atoms with Crippen molar-refractivity contribution < 1.29 is 13.2 Å². The fourth-order valence-corrected chi connectivity index (χ4v) is 5.08. The van der Waals surface area contributed by atoms with Crippen LogP contribution >= 0.6 is 12.4 Å². The van der Waals surface area contributed by atoms with Gasteiger partial charge >= 0.3 is 0 Å². The van der Waals surface area contributed by atoms with Gasteiger partial charge in [-0.1, -0.05) is 12.5 Å². The summed E-state index contributed by atoms with van der Waals surface area (Å²) in [6.07, 6.45) is 3.76. The number of halogens is 1. The number of carbonyl (C=O) groups excluding carboxylic acids is 1.